The van der Waals surface area contributed by atoms with Gasteiger partial charge in [-0.25, -0.2) is 0 Å². The van der Waals surface area contributed by atoms with Crippen molar-refractivity contribution in [3.05, 3.63) is 32.3 Å². The maximum Gasteiger partial charge on any atom is 0.235 e. The second-order valence-corrected chi connectivity index (χ2v) is 10.7. The van der Waals surface area contributed by atoms with Gasteiger partial charge in [-0.3, -0.25) is 4.79 Å². The van der Waals surface area contributed by atoms with Crippen LogP contribution in [0.4, 0.5) is 5.00 Å². The van der Waals surface area contributed by atoms with Gasteiger partial charge in [0.05, 0.1) is 11.3 Å². The molecule has 0 aromatic carbocycles. The average molecular weight is 472 g/mol. The first-order chi connectivity index (χ1) is 15.1. The number of aromatic nitrogens is 3. The van der Waals surface area contributed by atoms with Crippen molar-refractivity contribution in [2.45, 2.75) is 57.0 Å². The van der Waals surface area contributed by atoms with Gasteiger partial charge in [0.15, 0.2) is 11.0 Å². The number of thiophene rings is 2. The fraction of sp³-hybridized carbons (Fsp3) is 0.455. The van der Waals surface area contributed by atoms with Crippen LogP contribution in [-0.4, -0.2) is 26.4 Å². The molecule has 9 heteroatoms. The van der Waals surface area contributed by atoms with Gasteiger partial charge >= 0.3 is 0 Å². The summed E-state index contributed by atoms with van der Waals surface area (Å²) in [4.78, 5) is 15.2. The van der Waals surface area contributed by atoms with Crippen molar-refractivity contribution in [1.29, 1.82) is 5.26 Å². The van der Waals surface area contributed by atoms with E-state index in [0.717, 1.165) is 55.5 Å². The number of aryl methyl sites for hydroxylation is 2. The Morgan fingerprint density at radius 1 is 1.32 bits per heavy atom. The van der Waals surface area contributed by atoms with Crippen LogP contribution in [0.1, 0.15) is 53.5 Å². The van der Waals surface area contributed by atoms with Crippen LogP contribution in [-0.2, 0) is 31.1 Å². The largest absolute Gasteiger partial charge is 0.316 e. The van der Waals surface area contributed by atoms with Crippen LogP contribution in [0, 0.1) is 11.3 Å². The molecule has 0 bridgehead atoms. The number of hydrogen-bond donors (Lipinski definition) is 1. The first kappa shape index (κ1) is 22.1. The maximum absolute atomic E-state index is 12.6. The first-order valence-corrected chi connectivity index (χ1v) is 13.2. The summed E-state index contributed by atoms with van der Waals surface area (Å²) < 4.78 is 1.93. The van der Waals surface area contributed by atoms with Gasteiger partial charge in [0.2, 0.25) is 5.91 Å². The number of hydrogen-bond acceptors (Lipinski definition) is 7. The number of nitriles is 1. The summed E-state index contributed by atoms with van der Waals surface area (Å²) in [6, 6.07) is 4.49. The van der Waals surface area contributed by atoms with Crippen molar-refractivity contribution in [3.8, 4) is 17.5 Å². The molecule has 162 valence electrons. The van der Waals surface area contributed by atoms with Gasteiger partial charge < -0.3 is 9.88 Å². The molecular formula is C22H25N5OS3. The average Bonchev–Trinajstić information content (AvgIpc) is 3.40. The lowest BCUT2D eigenvalue weighted by atomic mass is 10.1. The van der Waals surface area contributed by atoms with Crippen molar-refractivity contribution in [2.24, 2.45) is 7.05 Å². The standard InChI is InChI=1S/C22H25N5OS3/c1-3-7-15-10-14(12-29-15)20-25-26-22(27(20)2)30-13-19(28)24-21-17(11-23)16-8-5-4-6-9-18(16)31-21/h10,12H,3-9,13H2,1-2H3,(H,24,28). The van der Waals surface area contributed by atoms with E-state index in [0.29, 0.717) is 15.7 Å². The van der Waals surface area contributed by atoms with E-state index < -0.39 is 0 Å². The molecule has 1 amide bonds. The van der Waals surface area contributed by atoms with E-state index in [-0.39, 0.29) is 11.7 Å². The smallest absolute Gasteiger partial charge is 0.235 e. The van der Waals surface area contributed by atoms with Gasteiger partial charge in [-0.1, -0.05) is 31.5 Å². The monoisotopic (exact) mass is 471 g/mol. The molecule has 6 nitrogen and oxygen atoms in total. The minimum Gasteiger partial charge on any atom is -0.316 e. The summed E-state index contributed by atoms with van der Waals surface area (Å²) in [6.07, 6.45) is 7.60. The first-order valence-electron chi connectivity index (χ1n) is 10.5. The quantitative estimate of drug-likeness (QED) is 0.367. The predicted molar refractivity (Wildman–Crippen MR) is 128 cm³/mol. The Kier molecular flexibility index (Phi) is 7.10. The van der Waals surface area contributed by atoms with Gasteiger partial charge in [0.25, 0.3) is 0 Å². The molecule has 0 saturated heterocycles. The Morgan fingerprint density at radius 2 is 2.16 bits per heavy atom. The third-order valence-corrected chi connectivity index (χ3v) is 8.59. The van der Waals surface area contributed by atoms with Crippen molar-refractivity contribution in [2.75, 3.05) is 11.1 Å². The highest BCUT2D eigenvalue weighted by Crippen LogP contribution is 2.37. The number of amides is 1. The number of thioether (sulfide) groups is 1. The minimum atomic E-state index is -0.122. The maximum atomic E-state index is 12.6. The molecule has 1 N–H and O–H groups in total. The van der Waals surface area contributed by atoms with Crippen molar-refractivity contribution in [3.63, 3.8) is 0 Å². The lowest BCUT2D eigenvalue weighted by Gasteiger charge is -2.05. The van der Waals surface area contributed by atoms with Gasteiger partial charge in [0.1, 0.15) is 11.1 Å². The molecule has 0 radical (unpaired) electrons. The molecule has 3 aromatic rings. The van der Waals surface area contributed by atoms with E-state index in [4.69, 9.17) is 0 Å². The molecule has 1 aliphatic carbocycles. The van der Waals surface area contributed by atoms with Crippen LogP contribution >= 0.6 is 34.4 Å². The minimum absolute atomic E-state index is 0.122. The van der Waals surface area contributed by atoms with E-state index in [2.05, 4.69) is 40.0 Å². The van der Waals surface area contributed by atoms with Gasteiger partial charge in [-0.05, 0) is 43.7 Å². The molecule has 0 atom stereocenters. The lowest BCUT2D eigenvalue weighted by Crippen LogP contribution is -2.14. The van der Waals surface area contributed by atoms with Crippen LogP contribution in [0.3, 0.4) is 0 Å². The second-order valence-electron chi connectivity index (χ2n) is 7.63. The SMILES string of the molecule is CCCc1cc(-c2nnc(SCC(=O)Nc3sc4c(c3C#N)CCCCC4)n2C)cs1. The number of carbonyl (C=O) groups excluding carboxylic acids is 1. The van der Waals surface area contributed by atoms with Crippen LogP contribution in [0.15, 0.2) is 16.6 Å². The Morgan fingerprint density at radius 3 is 2.97 bits per heavy atom. The molecule has 0 fully saturated rings. The molecule has 0 spiro atoms. The third-order valence-electron chi connectivity index (χ3n) is 5.36. The highest BCUT2D eigenvalue weighted by Gasteiger charge is 2.21. The van der Waals surface area contributed by atoms with Crippen LogP contribution in [0.25, 0.3) is 11.4 Å². The van der Waals surface area contributed by atoms with E-state index in [9.17, 15) is 10.1 Å². The van der Waals surface area contributed by atoms with Crippen LogP contribution < -0.4 is 5.32 Å². The number of nitrogens with one attached hydrogen (secondary N) is 1. The topological polar surface area (TPSA) is 83.6 Å². The van der Waals surface area contributed by atoms with Gasteiger partial charge in [0, 0.05) is 27.7 Å². The van der Waals surface area contributed by atoms with Crippen LogP contribution in [0.5, 0.6) is 0 Å². The number of carbonyl (C=O) groups is 1. The summed E-state index contributed by atoms with van der Waals surface area (Å²) in [7, 11) is 1.93. The summed E-state index contributed by atoms with van der Waals surface area (Å²) >= 11 is 4.67. The molecule has 0 saturated carbocycles. The molecular weight excluding hydrogens is 446 g/mol. The van der Waals surface area contributed by atoms with Crippen molar-refractivity contribution < 1.29 is 4.79 Å². The Labute approximate surface area is 194 Å². The van der Waals surface area contributed by atoms with E-state index >= 15 is 0 Å². The molecule has 0 aliphatic heterocycles. The third kappa shape index (κ3) is 4.86. The summed E-state index contributed by atoms with van der Waals surface area (Å²) in [5.74, 6) is 0.919. The van der Waals surface area contributed by atoms with E-state index in [1.165, 1.54) is 27.9 Å². The number of nitrogens with zero attached hydrogens (tertiary/aromatic N) is 4. The fourth-order valence-corrected chi connectivity index (χ4v) is 6.74. The number of fused-ring (bicyclic) bond motifs is 1. The highest BCUT2D eigenvalue weighted by molar-refractivity contribution is 7.99. The fourth-order valence-electron chi connectivity index (χ4n) is 3.81. The lowest BCUT2D eigenvalue weighted by molar-refractivity contribution is -0.113. The zero-order valence-corrected chi connectivity index (χ0v) is 20.2. The molecule has 4 rings (SSSR count). The molecule has 3 heterocycles. The zero-order chi connectivity index (χ0) is 21.8. The number of rotatable bonds is 7. The van der Waals surface area contributed by atoms with Crippen molar-refractivity contribution in [1.82, 2.24) is 14.8 Å². The molecule has 31 heavy (non-hydrogen) atoms. The van der Waals surface area contributed by atoms with Crippen molar-refractivity contribution >= 4 is 45.3 Å². The molecule has 0 unspecified atom stereocenters. The molecule has 3 aromatic heterocycles. The predicted octanol–water partition coefficient (Wildman–Crippen LogP) is 5.43. The van der Waals surface area contributed by atoms with E-state index in [1.54, 1.807) is 22.7 Å². The second kappa shape index (κ2) is 9.98. The number of anilines is 1. The van der Waals surface area contributed by atoms with Gasteiger partial charge in [-0.15, -0.1) is 32.9 Å². The Hall–Kier alpha value is -2.15. The highest BCUT2D eigenvalue weighted by atomic mass is 32.2. The summed E-state index contributed by atoms with van der Waals surface area (Å²) in [6.45, 7) is 2.17. The Bertz CT molecular complexity index is 1120. The Balaban J connectivity index is 1.41. The van der Waals surface area contributed by atoms with E-state index in [1.807, 2.05) is 11.6 Å². The van der Waals surface area contributed by atoms with Crippen LogP contribution in [0.2, 0.25) is 0 Å². The zero-order valence-electron chi connectivity index (χ0n) is 17.7. The normalized spacial score (nSPS) is 13.5. The summed E-state index contributed by atoms with van der Waals surface area (Å²) in [5.41, 5.74) is 2.86. The molecule has 1 aliphatic rings. The summed E-state index contributed by atoms with van der Waals surface area (Å²) in [5, 5.41) is 24.7. The van der Waals surface area contributed by atoms with Gasteiger partial charge in [-0.2, -0.15) is 5.26 Å².